The van der Waals surface area contributed by atoms with E-state index in [0.717, 1.165) is 5.56 Å². The lowest BCUT2D eigenvalue weighted by molar-refractivity contribution is 0.104. The summed E-state index contributed by atoms with van der Waals surface area (Å²) in [4.78, 5) is 14.5. The number of para-hydroxylation sites is 1. The number of benzene rings is 3. The molecule has 0 fully saturated rings. The normalized spacial score (nSPS) is 10.7. The molecule has 0 aliphatic heterocycles. The van der Waals surface area contributed by atoms with E-state index in [2.05, 4.69) is 5.32 Å². The summed E-state index contributed by atoms with van der Waals surface area (Å²) in [7, 11) is 3.68. The van der Waals surface area contributed by atoms with Gasteiger partial charge in [0.2, 0.25) is 0 Å². The van der Waals surface area contributed by atoms with Crippen LogP contribution >= 0.6 is 0 Å². The van der Waals surface area contributed by atoms with E-state index in [9.17, 15) is 9.18 Å². The first kappa shape index (κ1) is 20.1. The van der Waals surface area contributed by atoms with Crippen molar-refractivity contribution in [1.29, 1.82) is 0 Å². The second-order valence-electron chi connectivity index (χ2n) is 6.73. The molecule has 0 saturated carbocycles. The predicted molar refractivity (Wildman–Crippen MR) is 114 cm³/mol. The Balaban J connectivity index is 1.88. The minimum absolute atomic E-state index is 0.195. The van der Waals surface area contributed by atoms with Crippen LogP contribution in [0.3, 0.4) is 0 Å². The molecule has 3 aromatic rings. The van der Waals surface area contributed by atoms with E-state index in [1.165, 1.54) is 12.1 Å². The number of rotatable bonds is 8. The number of nitrogens with zero attached hydrogens (tertiary/aromatic N) is 1. The van der Waals surface area contributed by atoms with Crippen molar-refractivity contribution >= 4 is 17.2 Å². The highest BCUT2D eigenvalue weighted by Gasteiger charge is 2.13. The molecule has 0 amide bonds. The molecule has 0 aromatic heterocycles. The Hall–Kier alpha value is -3.60. The number of halogens is 1. The average molecular weight is 390 g/mol. The van der Waals surface area contributed by atoms with Crippen LogP contribution in [0.2, 0.25) is 0 Å². The van der Waals surface area contributed by atoms with Gasteiger partial charge in [0, 0.05) is 32.1 Å². The lowest BCUT2D eigenvalue weighted by Gasteiger charge is -2.14. The molecular formula is C24H23FN2O2. The van der Waals surface area contributed by atoms with Crippen molar-refractivity contribution in [3.8, 4) is 5.75 Å². The summed E-state index contributed by atoms with van der Waals surface area (Å²) >= 11 is 0. The summed E-state index contributed by atoms with van der Waals surface area (Å²) in [5.74, 6) is -0.0856. The fraction of sp³-hybridized carbons (Fsp3) is 0.125. The number of anilines is 2. The smallest absolute Gasteiger partial charge is 0.191 e. The molecule has 4 nitrogen and oxygen atoms in total. The molecule has 0 spiro atoms. The molecule has 0 heterocycles. The molecule has 3 aromatic carbocycles. The number of hydrogen-bond donors (Lipinski definition) is 1. The monoisotopic (exact) mass is 390 g/mol. The van der Waals surface area contributed by atoms with Crippen molar-refractivity contribution in [3.05, 3.63) is 102 Å². The molecule has 0 bridgehead atoms. The fourth-order valence-electron chi connectivity index (χ4n) is 2.69. The van der Waals surface area contributed by atoms with Gasteiger partial charge in [0.1, 0.15) is 18.2 Å². The predicted octanol–water partition coefficient (Wildman–Crippen LogP) is 5.41. The Morgan fingerprint density at radius 1 is 1.03 bits per heavy atom. The molecule has 0 atom stereocenters. The quantitative estimate of drug-likeness (QED) is 0.413. The molecule has 29 heavy (non-hydrogen) atoms. The first-order valence-electron chi connectivity index (χ1n) is 9.24. The second kappa shape index (κ2) is 9.55. The van der Waals surface area contributed by atoms with Gasteiger partial charge >= 0.3 is 0 Å². The van der Waals surface area contributed by atoms with Crippen LogP contribution in [0.1, 0.15) is 15.9 Å². The first-order chi connectivity index (χ1) is 14.0. The Morgan fingerprint density at radius 3 is 2.48 bits per heavy atom. The van der Waals surface area contributed by atoms with Gasteiger partial charge in [-0.3, -0.25) is 4.79 Å². The maximum Gasteiger partial charge on any atom is 0.191 e. The van der Waals surface area contributed by atoms with E-state index in [4.69, 9.17) is 4.74 Å². The van der Waals surface area contributed by atoms with Gasteiger partial charge in [0.05, 0.1) is 11.3 Å². The van der Waals surface area contributed by atoms with Gasteiger partial charge in [-0.25, -0.2) is 4.39 Å². The van der Waals surface area contributed by atoms with Gasteiger partial charge in [-0.15, -0.1) is 0 Å². The third kappa shape index (κ3) is 5.69. The highest BCUT2D eigenvalue weighted by Crippen LogP contribution is 2.27. The zero-order valence-electron chi connectivity index (χ0n) is 16.4. The number of hydrogen-bond acceptors (Lipinski definition) is 4. The van der Waals surface area contributed by atoms with E-state index in [0.29, 0.717) is 29.3 Å². The maximum absolute atomic E-state index is 14.0. The Kier molecular flexibility index (Phi) is 6.63. The molecule has 0 radical (unpaired) electrons. The van der Waals surface area contributed by atoms with Gasteiger partial charge in [-0.05, 0) is 35.9 Å². The van der Waals surface area contributed by atoms with E-state index in [-0.39, 0.29) is 11.6 Å². The van der Waals surface area contributed by atoms with E-state index in [1.807, 2.05) is 44.4 Å². The second-order valence-corrected chi connectivity index (χ2v) is 6.73. The van der Waals surface area contributed by atoms with Gasteiger partial charge in [0.15, 0.2) is 5.78 Å². The van der Waals surface area contributed by atoms with Crippen molar-refractivity contribution in [2.45, 2.75) is 6.61 Å². The first-order valence-corrected chi connectivity index (χ1v) is 9.24. The van der Waals surface area contributed by atoms with Gasteiger partial charge in [-0.1, -0.05) is 42.5 Å². The molecule has 148 valence electrons. The molecule has 1 N–H and O–H groups in total. The summed E-state index contributed by atoms with van der Waals surface area (Å²) in [5, 5.41) is 3.02. The largest absolute Gasteiger partial charge is 0.488 e. The number of carbonyl (C=O) groups is 1. The molecule has 0 saturated heterocycles. The van der Waals surface area contributed by atoms with Crippen LogP contribution in [0.15, 0.2) is 85.1 Å². The van der Waals surface area contributed by atoms with Crippen LogP contribution in [-0.4, -0.2) is 24.8 Å². The third-order valence-electron chi connectivity index (χ3n) is 4.16. The van der Waals surface area contributed by atoms with Crippen molar-refractivity contribution < 1.29 is 13.9 Å². The number of nitrogens with one attached hydrogen (secondary N) is 1. The zero-order chi connectivity index (χ0) is 20.6. The highest BCUT2D eigenvalue weighted by atomic mass is 19.1. The number of ether oxygens (including phenoxy) is 1. The summed E-state index contributed by atoms with van der Waals surface area (Å²) < 4.78 is 19.9. The van der Waals surface area contributed by atoms with Gasteiger partial charge in [-0.2, -0.15) is 0 Å². The molecule has 0 unspecified atom stereocenters. The van der Waals surface area contributed by atoms with Crippen molar-refractivity contribution in [2.24, 2.45) is 0 Å². The Labute approximate surface area is 170 Å². The minimum Gasteiger partial charge on any atom is -0.488 e. The van der Waals surface area contributed by atoms with Crippen molar-refractivity contribution in [1.82, 2.24) is 4.90 Å². The van der Waals surface area contributed by atoms with Gasteiger partial charge in [0.25, 0.3) is 0 Å². The summed E-state index contributed by atoms with van der Waals surface area (Å²) in [6.45, 7) is 0.346. The lowest BCUT2D eigenvalue weighted by Crippen LogP contribution is -2.06. The van der Waals surface area contributed by atoms with Crippen LogP contribution in [-0.2, 0) is 6.61 Å². The maximum atomic E-state index is 14.0. The van der Waals surface area contributed by atoms with Crippen molar-refractivity contribution in [2.75, 3.05) is 19.4 Å². The van der Waals surface area contributed by atoms with Gasteiger partial charge < -0.3 is 15.0 Å². The molecule has 0 aliphatic carbocycles. The third-order valence-corrected chi connectivity index (χ3v) is 4.16. The van der Waals surface area contributed by atoms with Crippen LogP contribution < -0.4 is 10.1 Å². The topological polar surface area (TPSA) is 41.6 Å². The molecule has 0 aliphatic rings. The Bertz CT molecular complexity index is 1000. The summed E-state index contributed by atoms with van der Waals surface area (Å²) in [6.07, 6.45) is 3.16. The fourth-order valence-corrected chi connectivity index (χ4v) is 2.69. The zero-order valence-corrected chi connectivity index (χ0v) is 16.4. The Morgan fingerprint density at radius 2 is 1.76 bits per heavy atom. The van der Waals surface area contributed by atoms with Crippen LogP contribution in [0, 0.1) is 5.82 Å². The number of carbonyl (C=O) groups excluding carboxylic acids is 1. The standard InChI is InChI=1S/C24H23FN2O2/c1-27(2)15-14-23(28)20-16-19(26-22-11-7-6-10-21(22)25)12-13-24(20)29-17-18-8-4-3-5-9-18/h3-16,26H,17H2,1-2H3. The lowest BCUT2D eigenvalue weighted by atomic mass is 10.1. The molecular weight excluding hydrogens is 367 g/mol. The molecule has 3 rings (SSSR count). The van der Waals surface area contributed by atoms with E-state index < -0.39 is 0 Å². The number of allylic oxidation sites excluding steroid dienone is 1. The van der Waals surface area contributed by atoms with Crippen LogP contribution in [0.25, 0.3) is 0 Å². The number of ketones is 1. The van der Waals surface area contributed by atoms with Crippen LogP contribution in [0.4, 0.5) is 15.8 Å². The van der Waals surface area contributed by atoms with Crippen LogP contribution in [0.5, 0.6) is 5.75 Å². The van der Waals surface area contributed by atoms with E-state index >= 15 is 0 Å². The SMILES string of the molecule is CN(C)C=CC(=O)c1cc(Nc2ccccc2F)ccc1OCc1ccccc1. The molecule has 5 heteroatoms. The summed E-state index contributed by atoms with van der Waals surface area (Å²) in [5.41, 5.74) is 2.35. The van der Waals surface area contributed by atoms with Crippen molar-refractivity contribution in [3.63, 3.8) is 0 Å². The van der Waals surface area contributed by atoms with E-state index in [1.54, 1.807) is 47.5 Å². The average Bonchev–Trinajstić information content (AvgIpc) is 2.73. The highest BCUT2D eigenvalue weighted by molar-refractivity contribution is 6.07. The summed E-state index contributed by atoms with van der Waals surface area (Å²) in [6, 6.07) is 21.3. The minimum atomic E-state index is -0.364.